The van der Waals surface area contributed by atoms with Gasteiger partial charge in [0.15, 0.2) is 0 Å². The zero-order valence-corrected chi connectivity index (χ0v) is 17.8. The molecule has 0 saturated carbocycles. The molecule has 0 atom stereocenters. The number of hydrogen-bond donors (Lipinski definition) is 2. The minimum atomic E-state index is -0.496. The molecule has 0 aliphatic heterocycles. The maximum absolute atomic E-state index is 12.1. The van der Waals surface area contributed by atoms with Gasteiger partial charge in [-0.3, -0.25) is 4.79 Å². The summed E-state index contributed by atoms with van der Waals surface area (Å²) in [5.41, 5.74) is 4.41. The van der Waals surface area contributed by atoms with Crippen molar-refractivity contribution in [2.45, 2.75) is 6.61 Å². The quantitative estimate of drug-likeness (QED) is 0.356. The van der Waals surface area contributed by atoms with Crippen LogP contribution in [0.25, 0.3) is 0 Å². The molecule has 0 fully saturated rings. The van der Waals surface area contributed by atoms with Crippen LogP contribution in [0, 0.1) is 0 Å². The number of carbonyl (C=O) groups excluding carboxylic acids is 1. The van der Waals surface area contributed by atoms with E-state index in [1.54, 1.807) is 6.07 Å². The number of amides is 1. The first-order valence-electron chi connectivity index (χ1n) is 8.30. The Morgan fingerprint density at radius 3 is 2.39 bits per heavy atom. The number of benzene rings is 3. The first kappa shape index (κ1) is 20.1. The van der Waals surface area contributed by atoms with E-state index in [1.165, 1.54) is 18.3 Å². The lowest BCUT2D eigenvalue weighted by atomic mass is 10.2. The van der Waals surface area contributed by atoms with Crippen molar-refractivity contribution in [1.82, 2.24) is 5.43 Å². The number of hydrogen-bond acceptors (Lipinski definition) is 4. The van der Waals surface area contributed by atoms with Crippen molar-refractivity contribution in [2.75, 3.05) is 0 Å². The van der Waals surface area contributed by atoms with E-state index in [4.69, 9.17) is 4.74 Å². The minimum Gasteiger partial charge on any atom is -0.507 e. The number of rotatable bonds is 6. The topological polar surface area (TPSA) is 70.9 Å². The lowest BCUT2D eigenvalue weighted by Gasteiger charge is -2.06. The van der Waals surface area contributed by atoms with Crippen molar-refractivity contribution >= 4 is 44.0 Å². The van der Waals surface area contributed by atoms with Gasteiger partial charge in [0, 0.05) is 8.95 Å². The molecule has 0 aliphatic carbocycles. The Morgan fingerprint density at radius 2 is 1.68 bits per heavy atom. The van der Waals surface area contributed by atoms with Crippen LogP contribution in [0.2, 0.25) is 0 Å². The molecule has 2 N–H and O–H groups in total. The van der Waals surface area contributed by atoms with Gasteiger partial charge in [-0.25, -0.2) is 5.43 Å². The molecule has 0 radical (unpaired) electrons. The number of phenols is 1. The summed E-state index contributed by atoms with van der Waals surface area (Å²) >= 11 is 6.67. The third-order valence-electron chi connectivity index (χ3n) is 3.78. The second-order valence-corrected chi connectivity index (χ2v) is 7.68. The summed E-state index contributed by atoms with van der Waals surface area (Å²) in [5.74, 6) is 0.135. The first-order chi connectivity index (χ1) is 13.5. The second kappa shape index (κ2) is 9.52. The number of halogens is 2. The largest absolute Gasteiger partial charge is 0.507 e. The van der Waals surface area contributed by atoms with Gasteiger partial charge in [0.05, 0.1) is 11.8 Å². The fourth-order valence-corrected chi connectivity index (χ4v) is 2.94. The van der Waals surface area contributed by atoms with Crippen LogP contribution in [0.15, 0.2) is 80.8 Å². The zero-order chi connectivity index (χ0) is 19.9. The van der Waals surface area contributed by atoms with Gasteiger partial charge in [-0.1, -0.05) is 44.0 Å². The van der Waals surface area contributed by atoms with Gasteiger partial charge in [0.1, 0.15) is 18.1 Å². The fraction of sp³-hybridized carbons (Fsp3) is 0.0476. The highest BCUT2D eigenvalue weighted by Gasteiger charge is 2.10. The molecule has 0 saturated heterocycles. The fourth-order valence-electron chi connectivity index (χ4n) is 2.31. The first-order valence-corrected chi connectivity index (χ1v) is 9.89. The maximum Gasteiger partial charge on any atom is 0.275 e. The molecule has 7 heteroatoms. The molecule has 0 unspecified atom stereocenters. The standard InChI is InChI=1S/C21H16Br2N2O3/c22-16-5-1-15(2-6-16)13-28-18-8-3-14(4-9-18)12-24-25-21(27)19-11-17(23)7-10-20(19)26/h1-12,26H,13H2,(H,25,27)/b24-12-. The Morgan fingerprint density at radius 1 is 1.00 bits per heavy atom. The molecular formula is C21H16Br2N2O3. The lowest BCUT2D eigenvalue weighted by molar-refractivity contribution is 0.0952. The monoisotopic (exact) mass is 502 g/mol. The summed E-state index contributed by atoms with van der Waals surface area (Å²) in [6.07, 6.45) is 1.52. The molecule has 3 aromatic carbocycles. The van der Waals surface area contributed by atoms with Gasteiger partial charge in [-0.2, -0.15) is 5.10 Å². The van der Waals surface area contributed by atoms with E-state index < -0.39 is 5.91 Å². The molecule has 0 aromatic heterocycles. The highest BCUT2D eigenvalue weighted by atomic mass is 79.9. The normalized spacial score (nSPS) is 10.8. The number of phenolic OH excluding ortho intramolecular Hbond substituents is 1. The molecule has 0 bridgehead atoms. The molecule has 142 valence electrons. The molecule has 28 heavy (non-hydrogen) atoms. The Kier molecular flexibility index (Phi) is 6.84. The lowest BCUT2D eigenvalue weighted by Crippen LogP contribution is -2.17. The van der Waals surface area contributed by atoms with Gasteiger partial charge in [0.25, 0.3) is 5.91 Å². The minimum absolute atomic E-state index is 0.108. The average molecular weight is 504 g/mol. The predicted octanol–water partition coefficient (Wildman–Crippen LogP) is 5.26. The second-order valence-electron chi connectivity index (χ2n) is 5.84. The molecule has 3 aromatic rings. The van der Waals surface area contributed by atoms with E-state index in [1.807, 2.05) is 48.5 Å². The number of carbonyl (C=O) groups is 1. The third-order valence-corrected chi connectivity index (χ3v) is 4.80. The van der Waals surface area contributed by atoms with Crippen molar-refractivity contribution < 1.29 is 14.6 Å². The van der Waals surface area contributed by atoms with Gasteiger partial charge in [0.2, 0.25) is 0 Å². The van der Waals surface area contributed by atoms with Crippen LogP contribution in [0.5, 0.6) is 11.5 Å². The number of nitrogens with one attached hydrogen (secondary N) is 1. The van der Waals surface area contributed by atoms with Gasteiger partial charge in [-0.05, 0) is 65.7 Å². The van der Waals surface area contributed by atoms with E-state index in [0.29, 0.717) is 11.1 Å². The van der Waals surface area contributed by atoms with Crippen molar-refractivity contribution in [3.8, 4) is 11.5 Å². The molecule has 5 nitrogen and oxygen atoms in total. The SMILES string of the molecule is O=C(N/N=C\c1ccc(OCc2ccc(Br)cc2)cc1)c1cc(Br)ccc1O. The van der Waals surface area contributed by atoms with Crippen LogP contribution < -0.4 is 10.2 Å². The van der Waals surface area contributed by atoms with E-state index in [-0.39, 0.29) is 11.3 Å². The number of nitrogens with zero attached hydrogens (tertiary/aromatic N) is 1. The Labute approximate surface area is 179 Å². The van der Waals surface area contributed by atoms with Crippen molar-refractivity contribution in [2.24, 2.45) is 5.10 Å². The van der Waals surface area contributed by atoms with Crippen LogP contribution in [-0.4, -0.2) is 17.2 Å². The van der Waals surface area contributed by atoms with Crippen molar-refractivity contribution in [3.63, 3.8) is 0 Å². The summed E-state index contributed by atoms with van der Waals surface area (Å²) in [6, 6.07) is 19.9. The number of hydrazone groups is 1. The molecule has 0 heterocycles. The van der Waals surface area contributed by atoms with E-state index in [2.05, 4.69) is 42.4 Å². The Bertz CT molecular complexity index is 988. The molecule has 1 amide bonds. The smallest absolute Gasteiger partial charge is 0.275 e. The maximum atomic E-state index is 12.1. The molecule has 0 spiro atoms. The summed E-state index contributed by atoms with van der Waals surface area (Å²) in [7, 11) is 0. The van der Waals surface area contributed by atoms with Crippen LogP contribution in [0.1, 0.15) is 21.5 Å². The van der Waals surface area contributed by atoms with Gasteiger partial charge < -0.3 is 9.84 Å². The number of aromatic hydroxyl groups is 1. The summed E-state index contributed by atoms with van der Waals surface area (Å²) in [6.45, 7) is 0.479. The Hall–Kier alpha value is -2.64. The number of ether oxygens (including phenoxy) is 1. The molecule has 0 aliphatic rings. The highest BCUT2D eigenvalue weighted by molar-refractivity contribution is 9.10. The average Bonchev–Trinajstić information content (AvgIpc) is 2.70. The third kappa shape index (κ3) is 5.68. The van der Waals surface area contributed by atoms with Crippen molar-refractivity contribution in [1.29, 1.82) is 0 Å². The van der Waals surface area contributed by atoms with E-state index >= 15 is 0 Å². The van der Waals surface area contributed by atoms with Crippen LogP contribution >= 0.6 is 31.9 Å². The molecular weight excluding hydrogens is 488 g/mol. The predicted molar refractivity (Wildman–Crippen MR) is 116 cm³/mol. The zero-order valence-electron chi connectivity index (χ0n) is 14.6. The van der Waals surface area contributed by atoms with E-state index in [0.717, 1.165) is 21.3 Å². The molecule has 3 rings (SSSR count). The Balaban J connectivity index is 1.54. The van der Waals surface area contributed by atoms with Crippen LogP contribution in [0.4, 0.5) is 0 Å². The van der Waals surface area contributed by atoms with Crippen LogP contribution in [-0.2, 0) is 6.61 Å². The summed E-state index contributed by atoms with van der Waals surface area (Å²) in [4.78, 5) is 12.1. The summed E-state index contributed by atoms with van der Waals surface area (Å²) in [5, 5.41) is 13.7. The van der Waals surface area contributed by atoms with Crippen LogP contribution in [0.3, 0.4) is 0 Å². The van der Waals surface area contributed by atoms with Crippen molar-refractivity contribution in [3.05, 3.63) is 92.4 Å². The highest BCUT2D eigenvalue weighted by Crippen LogP contribution is 2.21. The summed E-state index contributed by atoms with van der Waals surface area (Å²) < 4.78 is 7.47. The van der Waals surface area contributed by atoms with Gasteiger partial charge >= 0.3 is 0 Å². The van der Waals surface area contributed by atoms with Gasteiger partial charge in [-0.15, -0.1) is 0 Å². The van der Waals surface area contributed by atoms with E-state index in [9.17, 15) is 9.90 Å².